The van der Waals surface area contributed by atoms with Crippen LogP contribution in [0.2, 0.25) is 0 Å². The molecule has 10 heteroatoms. The summed E-state index contributed by atoms with van der Waals surface area (Å²) in [5, 5.41) is 5.30. The number of hydrogen-bond acceptors (Lipinski definition) is 5. The Labute approximate surface area is 186 Å². The van der Waals surface area contributed by atoms with Crippen molar-refractivity contribution in [3.8, 4) is 0 Å². The van der Waals surface area contributed by atoms with Gasteiger partial charge in [-0.1, -0.05) is 45.9 Å². The van der Waals surface area contributed by atoms with Gasteiger partial charge in [0, 0.05) is 31.7 Å². The zero-order chi connectivity index (χ0) is 23.8. The van der Waals surface area contributed by atoms with Crippen LogP contribution in [0.15, 0.2) is 39.9 Å². The number of nitrogens with zero attached hydrogens (tertiary/aromatic N) is 2. The van der Waals surface area contributed by atoms with Gasteiger partial charge in [-0.2, -0.15) is 0 Å². The summed E-state index contributed by atoms with van der Waals surface area (Å²) < 4.78 is 1.27. The van der Waals surface area contributed by atoms with E-state index in [-0.39, 0.29) is 48.8 Å². The summed E-state index contributed by atoms with van der Waals surface area (Å²) in [6.45, 7) is 8.25. The molecule has 0 aliphatic heterocycles. The molecule has 3 amide bonds. The molecule has 2 rings (SSSR count). The van der Waals surface area contributed by atoms with Crippen LogP contribution in [0.3, 0.4) is 0 Å². The number of carbonyl (C=O) groups excluding carboxylic acids is 2. The Bertz CT molecular complexity index is 1040. The van der Waals surface area contributed by atoms with Gasteiger partial charge >= 0.3 is 11.7 Å². The van der Waals surface area contributed by atoms with Crippen LogP contribution in [-0.2, 0) is 11.3 Å². The molecular formula is C22H32N6O4. The Morgan fingerprint density at radius 1 is 1.09 bits per heavy atom. The molecule has 1 heterocycles. The maximum atomic E-state index is 13.0. The highest BCUT2D eigenvalue weighted by Gasteiger charge is 2.25. The first-order valence-electron chi connectivity index (χ1n) is 10.6. The Hall–Kier alpha value is -3.56. The van der Waals surface area contributed by atoms with E-state index in [4.69, 9.17) is 5.73 Å². The van der Waals surface area contributed by atoms with Gasteiger partial charge < -0.3 is 21.3 Å². The molecular weight excluding hydrogens is 412 g/mol. The minimum absolute atomic E-state index is 0.0394. The first-order chi connectivity index (χ1) is 15.1. The standard InChI is InChI=1S/C22H32N6O4/c1-14(2)12-27(18-19(23)28(13-15(3)4)22(32)26-20(18)30)17(29)10-11-24-21(31)25-16-8-6-5-7-9-16/h5-9,14-15H,10-13,23H2,1-4H3,(H2,24,25,31)(H,26,30,32). The van der Waals surface area contributed by atoms with Crippen molar-refractivity contribution in [3.63, 3.8) is 0 Å². The Morgan fingerprint density at radius 3 is 2.34 bits per heavy atom. The molecule has 0 spiro atoms. The molecule has 1 aromatic carbocycles. The Morgan fingerprint density at radius 2 is 1.75 bits per heavy atom. The van der Waals surface area contributed by atoms with Crippen molar-refractivity contribution < 1.29 is 9.59 Å². The molecule has 0 saturated heterocycles. The number of nitrogens with two attached hydrogens (primary N) is 1. The molecule has 174 valence electrons. The van der Waals surface area contributed by atoms with Crippen LogP contribution >= 0.6 is 0 Å². The second kappa shape index (κ2) is 11.2. The summed E-state index contributed by atoms with van der Waals surface area (Å²) in [5.41, 5.74) is 5.44. The van der Waals surface area contributed by atoms with Gasteiger partial charge in [0.25, 0.3) is 5.56 Å². The molecule has 0 fully saturated rings. The topological polar surface area (TPSA) is 142 Å². The van der Waals surface area contributed by atoms with E-state index in [0.29, 0.717) is 12.2 Å². The third-order valence-corrected chi connectivity index (χ3v) is 4.54. The summed E-state index contributed by atoms with van der Waals surface area (Å²) in [5.74, 6) is -0.283. The minimum atomic E-state index is -0.712. The molecule has 0 aliphatic carbocycles. The number of nitrogens with one attached hydrogen (secondary N) is 3. The average Bonchev–Trinajstić information content (AvgIpc) is 2.70. The van der Waals surface area contributed by atoms with Gasteiger partial charge in [0.05, 0.1) is 0 Å². The zero-order valence-electron chi connectivity index (χ0n) is 19.0. The predicted molar refractivity (Wildman–Crippen MR) is 126 cm³/mol. The summed E-state index contributed by atoms with van der Waals surface area (Å²) in [6.07, 6.45) is -0.0445. The Kier molecular flexibility index (Phi) is 8.62. The van der Waals surface area contributed by atoms with Gasteiger partial charge in [-0.05, 0) is 24.0 Å². The van der Waals surface area contributed by atoms with Crippen molar-refractivity contribution >= 4 is 29.1 Å². The highest BCUT2D eigenvalue weighted by Crippen LogP contribution is 2.20. The van der Waals surface area contributed by atoms with E-state index in [1.54, 1.807) is 24.3 Å². The lowest BCUT2D eigenvalue weighted by atomic mass is 10.1. The largest absolute Gasteiger partial charge is 0.383 e. The number of hydrogen-bond donors (Lipinski definition) is 4. The first-order valence-corrected chi connectivity index (χ1v) is 10.6. The van der Waals surface area contributed by atoms with Gasteiger partial charge in [0.2, 0.25) is 5.91 Å². The van der Waals surface area contributed by atoms with Gasteiger partial charge in [0.1, 0.15) is 5.82 Å². The van der Waals surface area contributed by atoms with Crippen LogP contribution in [0.4, 0.5) is 22.0 Å². The molecule has 0 aliphatic rings. The number of urea groups is 1. The van der Waals surface area contributed by atoms with Crippen molar-refractivity contribution in [3.05, 3.63) is 51.2 Å². The summed E-state index contributed by atoms with van der Waals surface area (Å²) in [7, 11) is 0. The average molecular weight is 445 g/mol. The number of aromatic nitrogens is 2. The maximum Gasteiger partial charge on any atom is 0.330 e. The van der Waals surface area contributed by atoms with Crippen molar-refractivity contribution in [2.75, 3.05) is 29.0 Å². The van der Waals surface area contributed by atoms with E-state index in [2.05, 4.69) is 15.6 Å². The lowest BCUT2D eigenvalue weighted by molar-refractivity contribution is -0.118. The number of anilines is 3. The van der Waals surface area contributed by atoms with E-state index in [1.165, 1.54) is 9.47 Å². The maximum absolute atomic E-state index is 13.0. The van der Waals surface area contributed by atoms with Crippen LogP contribution < -0.4 is 32.5 Å². The van der Waals surface area contributed by atoms with Crippen molar-refractivity contribution in [2.24, 2.45) is 11.8 Å². The minimum Gasteiger partial charge on any atom is -0.383 e. The summed E-state index contributed by atoms with van der Waals surface area (Å²) in [4.78, 5) is 53.4. The normalized spacial score (nSPS) is 10.9. The molecule has 2 aromatic rings. The number of carbonyl (C=O) groups is 2. The number of nitrogen functional groups attached to an aromatic ring is 1. The lowest BCUT2D eigenvalue weighted by Gasteiger charge is -2.26. The SMILES string of the molecule is CC(C)CN(C(=O)CCNC(=O)Nc1ccccc1)c1c(N)n(CC(C)C)c(=O)[nH]c1=O. The summed E-state index contributed by atoms with van der Waals surface area (Å²) >= 11 is 0. The fourth-order valence-electron chi connectivity index (χ4n) is 3.18. The van der Waals surface area contributed by atoms with Gasteiger partial charge in [-0.25, -0.2) is 9.59 Å². The zero-order valence-corrected chi connectivity index (χ0v) is 19.0. The number of H-pyrrole nitrogens is 1. The number of rotatable bonds is 9. The predicted octanol–water partition coefficient (Wildman–Crippen LogP) is 1.98. The van der Waals surface area contributed by atoms with Crippen LogP contribution in [0, 0.1) is 11.8 Å². The smallest absolute Gasteiger partial charge is 0.330 e. The van der Waals surface area contributed by atoms with E-state index in [9.17, 15) is 19.2 Å². The molecule has 0 bridgehead atoms. The number of aromatic amines is 1. The number of benzene rings is 1. The number of para-hydroxylation sites is 1. The number of amides is 3. The second-order valence-electron chi connectivity index (χ2n) is 8.39. The lowest BCUT2D eigenvalue weighted by Crippen LogP contribution is -2.44. The van der Waals surface area contributed by atoms with Crippen LogP contribution in [0.1, 0.15) is 34.1 Å². The molecule has 10 nitrogen and oxygen atoms in total. The molecule has 32 heavy (non-hydrogen) atoms. The molecule has 0 atom stereocenters. The van der Waals surface area contributed by atoms with Crippen LogP contribution in [-0.4, -0.2) is 34.6 Å². The summed E-state index contributed by atoms with van der Waals surface area (Å²) in [6, 6.07) is 8.48. The second-order valence-corrected chi connectivity index (χ2v) is 8.39. The molecule has 5 N–H and O–H groups in total. The van der Waals surface area contributed by atoms with Crippen molar-refractivity contribution in [2.45, 2.75) is 40.7 Å². The highest BCUT2D eigenvalue weighted by molar-refractivity contribution is 5.96. The van der Waals surface area contributed by atoms with E-state index in [0.717, 1.165) is 0 Å². The van der Waals surface area contributed by atoms with Crippen molar-refractivity contribution in [1.29, 1.82) is 0 Å². The van der Waals surface area contributed by atoms with E-state index < -0.39 is 17.3 Å². The fraction of sp³-hybridized carbons (Fsp3) is 0.455. The van der Waals surface area contributed by atoms with Gasteiger partial charge in [0.15, 0.2) is 5.69 Å². The van der Waals surface area contributed by atoms with Crippen molar-refractivity contribution in [1.82, 2.24) is 14.9 Å². The highest BCUT2D eigenvalue weighted by atomic mass is 16.2. The molecule has 0 unspecified atom stereocenters. The molecule has 0 saturated carbocycles. The fourth-order valence-corrected chi connectivity index (χ4v) is 3.18. The van der Waals surface area contributed by atoms with E-state index >= 15 is 0 Å². The third-order valence-electron chi connectivity index (χ3n) is 4.54. The molecule has 0 radical (unpaired) electrons. The quantitative estimate of drug-likeness (QED) is 0.468. The first kappa shape index (κ1) is 24.7. The van der Waals surface area contributed by atoms with Crippen LogP contribution in [0.5, 0.6) is 0 Å². The monoisotopic (exact) mass is 444 g/mol. The van der Waals surface area contributed by atoms with Crippen LogP contribution in [0.25, 0.3) is 0 Å². The van der Waals surface area contributed by atoms with Gasteiger partial charge in [-0.15, -0.1) is 0 Å². The third kappa shape index (κ3) is 6.73. The van der Waals surface area contributed by atoms with E-state index in [1.807, 2.05) is 33.8 Å². The Balaban J connectivity index is 2.17. The molecule has 1 aromatic heterocycles. The van der Waals surface area contributed by atoms with Gasteiger partial charge in [-0.3, -0.25) is 19.1 Å².